The Balaban J connectivity index is 1.45. The molecule has 0 amide bonds. The first-order chi connectivity index (χ1) is 12.7. The van der Waals surface area contributed by atoms with Gasteiger partial charge < -0.3 is 20.1 Å². The zero-order valence-electron chi connectivity index (χ0n) is 15.3. The molecule has 6 nitrogen and oxygen atoms in total. The second-order valence-electron chi connectivity index (χ2n) is 6.13. The van der Waals surface area contributed by atoms with Crippen molar-refractivity contribution in [3.8, 4) is 11.5 Å². The number of rotatable bonds is 7. The molecule has 2 N–H and O–H groups in total. The lowest BCUT2D eigenvalue weighted by Crippen LogP contribution is -2.40. The lowest BCUT2D eigenvalue weighted by atomic mass is 10.2. The van der Waals surface area contributed by atoms with Crippen molar-refractivity contribution in [1.29, 1.82) is 0 Å². The number of aryl methyl sites for hydroxylation is 2. The molecule has 140 valence electrons. The van der Waals surface area contributed by atoms with Gasteiger partial charge in [-0.25, -0.2) is 9.98 Å². The molecule has 0 saturated carbocycles. The molecule has 7 heteroatoms. The van der Waals surface area contributed by atoms with Gasteiger partial charge in [-0.1, -0.05) is 12.1 Å². The Morgan fingerprint density at radius 2 is 2.15 bits per heavy atom. The average Bonchev–Trinajstić information content (AvgIpc) is 3.08. The third kappa shape index (κ3) is 5.36. The van der Waals surface area contributed by atoms with Gasteiger partial charge in [0.05, 0.1) is 11.6 Å². The van der Waals surface area contributed by atoms with Gasteiger partial charge in [-0.2, -0.15) is 0 Å². The molecule has 1 atom stereocenters. The van der Waals surface area contributed by atoms with Gasteiger partial charge in [-0.15, -0.1) is 11.3 Å². The molecular weight excluding hydrogens is 348 g/mol. The topological polar surface area (TPSA) is 67.8 Å². The summed E-state index contributed by atoms with van der Waals surface area (Å²) < 4.78 is 11.7. The number of thiazole rings is 1. The zero-order valence-corrected chi connectivity index (χ0v) is 16.1. The van der Waals surface area contributed by atoms with Gasteiger partial charge >= 0.3 is 0 Å². The fourth-order valence-corrected chi connectivity index (χ4v) is 3.47. The van der Waals surface area contributed by atoms with Crippen LogP contribution in [0.15, 0.2) is 34.6 Å². The largest absolute Gasteiger partial charge is 0.486 e. The lowest BCUT2D eigenvalue weighted by molar-refractivity contribution is 0.0971. The molecule has 0 fully saturated rings. The molecule has 1 aromatic heterocycles. The third-order valence-corrected chi connectivity index (χ3v) is 4.92. The SMILES string of the molecule is CCNC(=NCC1COc2ccccc2O1)NCCCc1nc(C)cs1. The van der Waals surface area contributed by atoms with Crippen LogP contribution in [0.3, 0.4) is 0 Å². The summed E-state index contributed by atoms with van der Waals surface area (Å²) in [6, 6.07) is 7.74. The first kappa shape index (κ1) is 18.5. The Kier molecular flexibility index (Phi) is 6.71. The van der Waals surface area contributed by atoms with Crippen molar-refractivity contribution >= 4 is 17.3 Å². The summed E-state index contributed by atoms with van der Waals surface area (Å²) in [5.41, 5.74) is 1.10. The minimum Gasteiger partial charge on any atom is -0.486 e. The monoisotopic (exact) mass is 374 g/mol. The van der Waals surface area contributed by atoms with Crippen molar-refractivity contribution in [2.75, 3.05) is 26.2 Å². The van der Waals surface area contributed by atoms with Crippen molar-refractivity contribution in [3.63, 3.8) is 0 Å². The van der Waals surface area contributed by atoms with Crippen molar-refractivity contribution in [2.24, 2.45) is 4.99 Å². The maximum atomic E-state index is 5.95. The molecule has 0 spiro atoms. The van der Waals surface area contributed by atoms with Crippen LogP contribution in [-0.4, -0.2) is 43.3 Å². The van der Waals surface area contributed by atoms with Crippen molar-refractivity contribution in [1.82, 2.24) is 15.6 Å². The minimum absolute atomic E-state index is 0.0707. The van der Waals surface area contributed by atoms with E-state index in [0.717, 1.165) is 49.1 Å². The highest BCUT2D eigenvalue weighted by atomic mass is 32.1. The van der Waals surface area contributed by atoms with Crippen LogP contribution < -0.4 is 20.1 Å². The Morgan fingerprint density at radius 3 is 2.92 bits per heavy atom. The second kappa shape index (κ2) is 9.43. The fourth-order valence-electron chi connectivity index (χ4n) is 2.65. The van der Waals surface area contributed by atoms with Crippen LogP contribution in [0, 0.1) is 6.92 Å². The number of hydrogen-bond acceptors (Lipinski definition) is 5. The van der Waals surface area contributed by atoms with E-state index in [0.29, 0.717) is 13.2 Å². The normalized spacial score (nSPS) is 16.4. The zero-order chi connectivity index (χ0) is 18.2. The van der Waals surface area contributed by atoms with Gasteiger partial charge in [0.15, 0.2) is 23.6 Å². The molecule has 0 radical (unpaired) electrons. The number of guanidine groups is 1. The predicted octanol–water partition coefficient (Wildman–Crippen LogP) is 2.78. The van der Waals surface area contributed by atoms with Gasteiger partial charge in [0.25, 0.3) is 0 Å². The van der Waals surface area contributed by atoms with Crippen LogP contribution in [-0.2, 0) is 6.42 Å². The lowest BCUT2D eigenvalue weighted by Gasteiger charge is -2.25. The summed E-state index contributed by atoms with van der Waals surface area (Å²) in [5.74, 6) is 2.40. The van der Waals surface area contributed by atoms with E-state index in [2.05, 4.69) is 32.9 Å². The number of hydrogen-bond donors (Lipinski definition) is 2. The number of aliphatic imine (C=N–C) groups is 1. The molecule has 1 aliphatic heterocycles. The Hall–Kier alpha value is -2.28. The van der Waals surface area contributed by atoms with E-state index in [4.69, 9.17) is 9.47 Å². The van der Waals surface area contributed by atoms with E-state index >= 15 is 0 Å². The van der Waals surface area contributed by atoms with Crippen LogP contribution >= 0.6 is 11.3 Å². The molecule has 1 unspecified atom stereocenters. The van der Waals surface area contributed by atoms with Gasteiger partial charge in [0, 0.05) is 30.6 Å². The van der Waals surface area contributed by atoms with E-state index in [9.17, 15) is 0 Å². The highest BCUT2D eigenvalue weighted by Crippen LogP contribution is 2.30. The number of fused-ring (bicyclic) bond motifs is 1. The number of nitrogens with zero attached hydrogens (tertiary/aromatic N) is 2. The molecule has 26 heavy (non-hydrogen) atoms. The molecular formula is C19H26N4O2S. The summed E-state index contributed by atoms with van der Waals surface area (Å²) in [4.78, 5) is 9.13. The number of aromatic nitrogens is 1. The van der Waals surface area contributed by atoms with Crippen LogP contribution in [0.5, 0.6) is 11.5 Å². The van der Waals surface area contributed by atoms with E-state index < -0.39 is 0 Å². The molecule has 1 aromatic carbocycles. The van der Waals surface area contributed by atoms with Gasteiger partial charge in [0.2, 0.25) is 0 Å². The van der Waals surface area contributed by atoms with Gasteiger partial charge in [0.1, 0.15) is 6.61 Å². The summed E-state index contributed by atoms with van der Waals surface area (Å²) in [6.45, 7) is 6.84. The summed E-state index contributed by atoms with van der Waals surface area (Å²) in [5, 5.41) is 9.94. The molecule has 0 aliphatic carbocycles. The maximum Gasteiger partial charge on any atom is 0.191 e. The smallest absolute Gasteiger partial charge is 0.191 e. The van der Waals surface area contributed by atoms with Crippen LogP contribution in [0.1, 0.15) is 24.0 Å². The van der Waals surface area contributed by atoms with Gasteiger partial charge in [-0.05, 0) is 32.4 Å². The third-order valence-electron chi connectivity index (χ3n) is 3.89. The number of ether oxygens (including phenoxy) is 2. The summed E-state index contributed by atoms with van der Waals surface area (Å²) >= 11 is 1.73. The van der Waals surface area contributed by atoms with E-state index in [1.54, 1.807) is 11.3 Å². The molecule has 0 bridgehead atoms. The van der Waals surface area contributed by atoms with E-state index in [-0.39, 0.29) is 6.10 Å². The Labute approximate surface area is 158 Å². The number of benzene rings is 1. The highest BCUT2D eigenvalue weighted by Gasteiger charge is 2.20. The maximum absolute atomic E-state index is 5.95. The second-order valence-corrected chi connectivity index (χ2v) is 7.07. The Morgan fingerprint density at radius 1 is 1.31 bits per heavy atom. The standard InChI is InChI=1S/C19H26N4O2S/c1-3-20-19(21-10-6-9-18-23-14(2)13-26-18)22-11-15-12-24-16-7-4-5-8-17(16)25-15/h4-5,7-8,13,15H,3,6,9-12H2,1-2H3,(H2,20,21,22). The van der Waals surface area contributed by atoms with E-state index in [1.807, 2.05) is 31.2 Å². The van der Waals surface area contributed by atoms with Crippen LogP contribution in [0.2, 0.25) is 0 Å². The summed E-state index contributed by atoms with van der Waals surface area (Å²) in [6.07, 6.45) is 1.94. The number of para-hydroxylation sites is 2. The molecule has 2 heterocycles. The highest BCUT2D eigenvalue weighted by molar-refractivity contribution is 7.09. The molecule has 2 aromatic rings. The molecule has 0 saturated heterocycles. The molecule has 3 rings (SSSR count). The van der Waals surface area contributed by atoms with Crippen molar-refractivity contribution in [3.05, 3.63) is 40.3 Å². The van der Waals surface area contributed by atoms with Crippen molar-refractivity contribution in [2.45, 2.75) is 32.8 Å². The predicted molar refractivity (Wildman–Crippen MR) is 106 cm³/mol. The Bertz CT molecular complexity index is 732. The minimum atomic E-state index is -0.0707. The van der Waals surface area contributed by atoms with E-state index in [1.165, 1.54) is 5.01 Å². The number of nitrogens with one attached hydrogen (secondary N) is 2. The molecule has 1 aliphatic rings. The first-order valence-corrected chi connectivity index (χ1v) is 9.94. The fraction of sp³-hybridized carbons (Fsp3) is 0.474. The van der Waals surface area contributed by atoms with Crippen molar-refractivity contribution < 1.29 is 9.47 Å². The average molecular weight is 375 g/mol. The quantitative estimate of drug-likeness (QED) is 0.443. The van der Waals surface area contributed by atoms with Gasteiger partial charge in [-0.3, -0.25) is 0 Å². The van der Waals surface area contributed by atoms with Crippen LogP contribution in [0.25, 0.3) is 0 Å². The summed E-state index contributed by atoms with van der Waals surface area (Å²) in [7, 11) is 0. The van der Waals surface area contributed by atoms with Crippen LogP contribution in [0.4, 0.5) is 0 Å². The first-order valence-electron chi connectivity index (χ1n) is 9.06.